The minimum absolute atomic E-state index is 0.161. The van der Waals surface area contributed by atoms with Crippen LogP contribution in [-0.2, 0) is 0 Å². The minimum atomic E-state index is -1.02. The molecule has 0 saturated heterocycles. The third-order valence-corrected chi connectivity index (χ3v) is 3.68. The molecule has 0 radical (unpaired) electrons. The molecule has 114 valence electrons. The van der Waals surface area contributed by atoms with Crippen LogP contribution in [0.3, 0.4) is 0 Å². The third kappa shape index (κ3) is 3.97. The molecule has 0 aliphatic heterocycles. The molecule has 2 rings (SSSR count). The summed E-state index contributed by atoms with van der Waals surface area (Å²) in [6.45, 7) is 5.21. The number of benzene rings is 1. The Morgan fingerprint density at radius 1 is 1.38 bits per heavy atom. The van der Waals surface area contributed by atoms with E-state index in [2.05, 4.69) is 5.32 Å². The second kappa shape index (κ2) is 6.61. The second-order valence-corrected chi connectivity index (χ2v) is 5.62. The number of hydrogen-bond donors (Lipinski definition) is 2. The van der Waals surface area contributed by atoms with E-state index in [0.717, 1.165) is 13.0 Å². The summed E-state index contributed by atoms with van der Waals surface area (Å²) >= 11 is 0. The molecule has 1 aliphatic rings. The van der Waals surface area contributed by atoms with Crippen molar-refractivity contribution in [2.24, 2.45) is 5.92 Å². The highest BCUT2D eigenvalue weighted by atomic mass is 16.4. The van der Waals surface area contributed by atoms with Gasteiger partial charge in [-0.15, -0.1) is 0 Å². The van der Waals surface area contributed by atoms with Gasteiger partial charge in [0, 0.05) is 13.1 Å². The van der Waals surface area contributed by atoms with Gasteiger partial charge in [-0.3, -0.25) is 0 Å². The van der Waals surface area contributed by atoms with Gasteiger partial charge in [0.25, 0.3) is 0 Å². The molecule has 2 N–H and O–H groups in total. The number of urea groups is 1. The maximum atomic E-state index is 12.4. The van der Waals surface area contributed by atoms with Crippen LogP contribution in [0.25, 0.3) is 0 Å². The molecule has 0 bridgehead atoms. The molecular weight excluding hydrogens is 268 g/mol. The molecule has 0 heterocycles. The van der Waals surface area contributed by atoms with Gasteiger partial charge in [0.05, 0.1) is 11.3 Å². The summed E-state index contributed by atoms with van der Waals surface area (Å²) in [7, 11) is 0. The lowest BCUT2D eigenvalue weighted by Crippen LogP contribution is -2.37. The maximum Gasteiger partial charge on any atom is 0.338 e. The van der Waals surface area contributed by atoms with Crippen LogP contribution in [0.2, 0.25) is 0 Å². The smallest absolute Gasteiger partial charge is 0.338 e. The maximum absolute atomic E-state index is 12.4. The summed E-state index contributed by atoms with van der Waals surface area (Å²) < 4.78 is 0. The summed E-state index contributed by atoms with van der Waals surface area (Å²) in [5.74, 6) is -0.411. The van der Waals surface area contributed by atoms with Crippen LogP contribution < -0.4 is 5.32 Å². The Morgan fingerprint density at radius 3 is 2.67 bits per heavy atom. The molecule has 1 aromatic carbocycles. The SMILES string of the molecule is CCCN(CC1CC1)C(=O)Nc1cccc(C)c1C(=O)O. The molecule has 1 aliphatic carbocycles. The first-order valence-corrected chi connectivity index (χ1v) is 7.41. The highest BCUT2D eigenvalue weighted by molar-refractivity contribution is 6.01. The minimum Gasteiger partial charge on any atom is -0.478 e. The van der Waals surface area contributed by atoms with Crippen molar-refractivity contribution in [2.75, 3.05) is 18.4 Å². The zero-order valence-electron chi connectivity index (χ0n) is 12.6. The van der Waals surface area contributed by atoms with E-state index < -0.39 is 5.97 Å². The first-order chi connectivity index (χ1) is 10.0. The number of carboxylic acids is 1. The molecule has 2 amide bonds. The monoisotopic (exact) mass is 290 g/mol. The van der Waals surface area contributed by atoms with Crippen molar-refractivity contribution in [3.63, 3.8) is 0 Å². The molecular formula is C16H22N2O3. The first-order valence-electron chi connectivity index (χ1n) is 7.41. The van der Waals surface area contributed by atoms with Crippen molar-refractivity contribution in [2.45, 2.75) is 33.1 Å². The largest absolute Gasteiger partial charge is 0.478 e. The van der Waals surface area contributed by atoms with Crippen molar-refractivity contribution in [3.05, 3.63) is 29.3 Å². The van der Waals surface area contributed by atoms with Gasteiger partial charge in [-0.2, -0.15) is 0 Å². The number of carboxylic acid groups (broad SMARTS) is 1. The second-order valence-electron chi connectivity index (χ2n) is 5.62. The number of nitrogens with one attached hydrogen (secondary N) is 1. The van der Waals surface area contributed by atoms with E-state index >= 15 is 0 Å². The molecule has 0 aromatic heterocycles. The highest BCUT2D eigenvalue weighted by Gasteiger charge is 2.27. The van der Waals surface area contributed by atoms with Crippen molar-refractivity contribution >= 4 is 17.7 Å². The Bertz CT molecular complexity index is 538. The number of rotatable bonds is 6. The number of aromatic carboxylic acids is 1. The van der Waals surface area contributed by atoms with Crippen LogP contribution in [-0.4, -0.2) is 35.1 Å². The summed E-state index contributed by atoms with van der Waals surface area (Å²) in [5, 5.41) is 12.0. The fourth-order valence-electron chi connectivity index (χ4n) is 2.41. The van der Waals surface area contributed by atoms with Crippen molar-refractivity contribution in [3.8, 4) is 0 Å². The summed E-state index contributed by atoms with van der Waals surface area (Å²) in [5.41, 5.74) is 1.17. The number of hydrogen-bond acceptors (Lipinski definition) is 2. The zero-order valence-corrected chi connectivity index (χ0v) is 12.6. The van der Waals surface area contributed by atoms with Crippen LogP contribution in [0.1, 0.15) is 42.1 Å². The highest BCUT2D eigenvalue weighted by Crippen LogP contribution is 2.30. The number of nitrogens with zero attached hydrogens (tertiary/aromatic N) is 1. The van der Waals surface area contributed by atoms with Crippen molar-refractivity contribution < 1.29 is 14.7 Å². The molecule has 0 spiro atoms. The van der Waals surface area contributed by atoms with E-state index in [-0.39, 0.29) is 11.6 Å². The molecule has 0 atom stereocenters. The number of anilines is 1. The molecule has 5 heteroatoms. The Hall–Kier alpha value is -2.04. The average molecular weight is 290 g/mol. The van der Waals surface area contributed by atoms with Gasteiger partial charge < -0.3 is 15.3 Å². The van der Waals surface area contributed by atoms with Crippen LogP contribution >= 0.6 is 0 Å². The average Bonchev–Trinajstić information content (AvgIpc) is 3.21. The number of carbonyl (C=O) groups excluding carboxylic acids is 1. The van der Waals surface area contributed by atoms with Crippen LogP contribution in [0.5, 0.6) is 0 Å². The number of amides is 2. The quantitative estimate of drug-likeness (QED) is 0.844. The van der Waals surface area contributed by atoms with E-state index in [4.69, 9.17) is 0 Å². The fourth-order valence-corrected chi connectivity index (χ4v) is 2.41. The standard InChI is InChI=1S/C16H22N2O3/c1-3-9-18(10-12-7-8-12)16(21)17-13-6-4-5-11(2)14(13)15(19)20/h4-6,12H,3,7-10H2,1-2H3,(H,17,21)(H,19,20). The van der Waals surface area contributed by atoms with Gasteiger partial charge in [-0.1, -0.05) is 19.1 Å². The Balaban J connectivity index is 2.13. The molecule has 21 heavy (non-hydrogen) atoms. The van der Waals surface area contributed by atoms with Gasteiger partial charge in [-0.05, 0) is 43.7 Å². The molecule has 1 fully saturated rings. The van der Waals surface area contributed by atoms with Crippen LogP contribution in [0, 0.1) is 12.8 Å². The van der Waals surface area contributed by atoms with Gasteiger partial charge in [0.15, 0.2) is 0 Å². The van der Waals surface area contributed by atoms with E-state index in [1.54, 1.807) is 30.0 Å². The van der Waals surface area contributed by atoms with Crippen LogP contribution in [0.15, 0.2) is 18.2 Å². The van der Waals surface area contributed by atoms with E-state index in [9.17, 15) is 14.7 Å². The van der Waals surface area contributed by atoms with Gasteiger partial charge in [0.2, 0.25) is 0 Å². The lowest BCUT2D eigenvalue weighted by atomic mass is 10.1. The Labute approximate surface area is 125 Å². The predicted octanol–water partition coefficient (Wildman–Crippen LogP) is 3.35. The molecule has 1 saturated carbocycles. The van der Waals surface area contributed by atoms with Crippen molar-refractivity contribution in [1.82, 2.24) is 4.90 Å². The summed E-state index contributed by atoms with van der Waals surface area (Å²) in [6, 6.07) is 4.90. The van der Waals surface area contributed by atoms with E-state index in [1.165, 1.54) is 12.8 Å². The third-order valence-electron chi connectivity index (χ3n) is 3.68. The zero-order chi connectivity index (χ0) is 15.4. The topological polar surface area (TPSA) is 69.6 Å². The van der Waals surface area contributed by atoms with Gasteiger partial charge in [-0.25, -0.2) is 9.59 Å². The Morgan fingerprint density at radius 2 is 2.10 bits per heavy atom. The lowest BCUT2D eigenvalue weighted by molar-refractivity contribution is 0.0697. The lowest BCUT2D eigenvalue weighted by Gasteiger charge is -2.23. The van der Waals surface area contributed by atoms with Gasteiger partial charge in [0.1, 0.15) is 0 Å². The Kier molecular flexibility index (Phi) is 4.83. The van der Waals surface area contributed by atoms with E-state index in [0.29, 0.717) is 23.7 Å². The molecule has 5 nitrogen and oxygen atoms in total. The van der Waals surface area contributed by atoms with E-state index in [1.807, 2.05) is 6.92 Å². The predicted molar refractivity (Wildman–Crippen MR) is 81.7 cm³/mol. The fraction of sp³-hybridized carbons (Fsp3) is 0.500. The van der Waals surface area contributed by atoms with Gasteiger partial charge >= 0.3 is 12.0 Å². The summed E-state index contributed by atoms with van der Waals surface area (Å²) in [4.78, 5) is 25.5. The summed E-state index contributed by atoms with van der Waals surface area (Å²) in [6.07, 6.45) is 3.25. The molecule has 1 aromatic rings. The first kappa shape index (κ1) is 15.4. The van der Waals surface area contributed by atoms with Crippen molar-refractivity contribution in [1.29, 1.82) is 0 Å². The normalized spacial score (nSPS) is 13.8. The number of aryl methyl sites for hydroxylation is 1. The number of carbonyl (C=O) groups is 2. The van der Waals surface area contributed by atoms with Crippen LogP contribution in [0.4, 0.5) is 10.5 Å². The molecule has 0 unspecified atom stereocenters.